The molecule has 2 N–H and O–H groups in total. The molecule has 3 rings (SSSR count). The first-order valence-corrected chi connectivity index (χ1v) is 13.4. The van der Waals surface area contributed by atoms with Crippen molar-refractivity contribution in [1.29, 1.82) is 0 Å². The summed E-state index contributed by atoms with van der Waals surface area (Å²) in [5, 5.41) is 13.3. The maximum absolute atomic E-state index is 13.4. The Balaban J connectivity index is 1.77. The Morgan fingerprint density at radius 3 is 2.23 bits per heavy atom. The number of nitrogens with one attached hydrogen (secondary N) is 2. The summed E-state index contributed by atoms with van der Waals surface area (Å²) in [5.74, 6) is -2.47. The van der Waals surface area contributed by atoms with Gasteiger partial charge in [0, 0.05) is 6.54 Å². The van der Waals surface area contributed by atoms with Gasteiger partial charge in [-0.1, -0.05) is 39.8 Å². The van der Waals surface area contributed by atoms with E-state index in [9.17, 15) is 23.6 Å². The Hall–Kier alpha value is -3.83. The number of ketones is 1. The van der Waals surface area contributed by atoms with Gasteiger partial charge in [-0.25, -0.2) is 9.18 Å². The first kappa shape index (κ1) is 30.7. The van der Waals surface area contributed by atoms with Crippen LogP contribution in [0.5, 0.6) is 0 Å². The third kappa shape index (κ3) is 6.65. The standard InChI is InChI=1S/C28H38FN5O6/c1-15(2)20(22(35)24-32-33-26(40-24)28(5,6)17-10-12-18(29)13-11-17)30-23(36)19-9-8-14-34(19)25(37)21(16(3)4)31-27(38)39-7/h10-13,15-16,19-21H,8-9,14H2,1-7H3,(H,30,36)(H,31,38)/t19-,20-,21-/m0/s1. The van der Waals surface area contributed by atoms with Gasteiger partial charge >= 0.3 is 6.09 Å². The Labute approximate surface area is 233 Å². The van der Waals surface area contributed by atoms with Crippen LogP contribution in [0.4, 0.5) is 9.18 Å². The van der Waals surface area contributed by atoms with Gasteiger partial charge < -0.3 is 24.7 Å². The molecule has 0 bridgehead atoms. The van der Waals surface area contributed by atoms with Gasteiger partial charge in [-0.15, -0.1) is 10.2 Å². The third-order valence-electron chi connectivity index (χ3n) is 7.21. The Bertz CT molecular complexity index is 1230. The zero-order valence-corrected chi connectivity index (χ0v) is 24.0. The highest BCUT2D eigenvalue weighted by Crippen LogP contribution is 2.31. The fraction of sp³-hybridized carbons (Fsp3) is 0.571. The van der Waals surface area contributed by atoms with E-state index in [-0.39, 0.29) is 29.4 Å². The number of alkyl carbamates (subject to hydrolysis) is 1. The average Bonchev–Trinajstić information content (AvgIpc) is 3.60. The molecule has 2 heterocycles. The van der Waals surface area contributed by atoms with Crippen molar-refractivity contribution in [3.63, 3.8) is 0 Å². The largest absolute Gasteiger partial charge is 0.453 e. The predicted octanol–water partition coefficient (Wildman–Crippen LogP) is 3.23. The van der Waals surface area contributed by atoms with E-state index in [2.05, 4.69) is 25.6 Å². The molecule has 1 saturated heterocycles. The normalized spacial score (nSPS) is 17.1. The van der Waals surface area contributed by atoms with Crippen LogP contribution in [-0.4, -0.2) is 70.6 Å². The summed E-state index contributed by atoms with van der Waals surface area (Å²) < 4.78 is 23.8. The summed E-state index contributed by atoms with van der Waals surface area (Å²) in [6.07, 6.45) is 0.272. The van der Waals surface area contributed by atoms with Crippen molar-refractivity contribution in [1.82, 2.24) is 25.7 Å². The van der Waals surface area contributed by atoms with E-state index in [1.165, 1.54) is 24.1 Å². The molecule has 0 aliphatic carbocycles. The van der Waals surface area contributed by atoms with E-state index in [0.29, 0.717) is 19.4 Å². The van der Waals surface area contributed by atoms with Crippen LogP contribution < -0.4 is 10.6 Å². The monoisotopic (exact) mass is 559 g/mol. The molecule has 1 aliphatic rings. The highest BCUT2D eigenvalue weighted by Gasteiger charge is 2.41. The first-order valence-electron chi connectivity index (χ1n) is 13.4. The number of rotatable bonds is 10. The first-order chi connectivity index (χ1) is 18.8. The fourth-order valence-electron chi connectivity index (χ4n) is 4.66. The lowest BCUT2D eigenvalue weighted by Crippen LogP contribution is -2.57. The molecule has 1 fully saturated rings. The second-order valence-corrected chi connectivity index (χ2v) is 11.2. The summed E-state index contributed by atoms with van der Waals surface area (Å²) in [7, 11) is 1.21. The minimum atomic E-state index is -0.985. The van der Waals surface area contributed by atoms with Gasteiger partial charge in [-0.2, -0.15) is 0 Å². The molecule has 1 aliphatic heterocycles. The van der Waals surface area contributed by atoms with Crippen molar-refractivity contribution in [2.24, 2.45) is 11.8 Å². The molecule has 0 radical (unpaired) electrons. The minimum absolute atomic E-state index is 0.168. The number of Topliss-reactive ketones (excluding diaryl/α,β-unsaturated/α-hetero) is 1. The number of carbonyl (C=O) groups is 4. The molecule has 218 valence electrons. The number of carbonyl (C=O) groups excluding carboxylic acids is 4. The van der Waals surface area contributed by atoms with E-state index in [4.69, 9.17) is 4.42 Å². The highest BCUT2D eigenvalue weighted by molar-refractivity contribution is 6.00. The van der Waals surface area contributed by atoms with Crippen LogP contribution in [0.2, 0.25) is 0 Å². The van der Waals surface area contributed by atoms with Crippen LogP contribution in [0.1, 0.15) is 76.5 Å². The maximum Gasteiger partial charge on any atom is 0.407 e. The van der Waals surface area contributed by atoms with Crippen LogP contribution >= 0.6 is 0 Å². The summed E-state index contributed by atoms with van der Waals surface area (Å²) in [6, 6.07) is 3.21. The molecule has 0 spiro atoms. The average molecular weight is 560 g/mol. The molecule has 0 unspecified atom stereocenters. The molecule has 3 atom stereocenters. The van der Waals surface area contributed by atoms with Crippen molar-refractivity contribution in [3.8, 4) is 0 Å². The van der Waals surface area contributed by atoms with Crippen molar-refractivity contribution in [2.45, 2.75) is 77.9 Å². The molecular formula is C28H38FN5O6. The zero-order valence-electron chi connectivity index (χ0n) is 24.0. The quantitative estimate of drug-likeness (QED) is 0.422. The summed E-state index contributed by atoms with van der Waals surface area (Å²) in [4.78, 5) is 53.4. The van der Waals surface area contributed by atoms with E-state index in [0.717, 1.165) is 5.56 Å². The Morgan fingerprint density at radius 1 is 1.02 bits per heavy atom. The van der Waals surface area contributed by atoms with E-state index < -0.39 is 47.2 Å². The van der Waals surface area contributed by atoms with Crippen molar-refractivity contribution >= 4 is 23.7 Å². The zero-order chi connectivity index (χ0) is 29.8. The molecule has 3 amide bonds. The number of benzene rings is 1. The number of methoxy groups -OCH3 is 1. The van der Waals surface area contributed by atoms with Gasteiger partial charge in [-0.05, 0) is 56.2 Å². The van der Waals surface area contributed by atoms with Gasteiger partial charge in [-0.3, -0.25) is 14.4 Å². The van der Waals surface area contributed by atoms with E-state index >= 15 is 0 Å². The van der Waals surface area contributed by atoms with Crippen LogP contribution in [0.25, 0.3) is 0 Å². The summed E-state index contributed by atoms with van der Waals surface area (Å²) >= 11 is 0. The SMILES string of the molecule is COC(=O)N[C@H](C(=O)N1CCC[C@H]1C(=O)N[C@H](C(=O)c1nnc(C(C)(C)c2ccc(F)cc2)o1)C(C)C)C(C)C. The second kappa shape index (κ2) is 12.6. The molecule has 1 aromatic carbocycles. The van der Waals surface area contributed by atoms with Crippen molar-refractivity contribution in [3.05, 3.63) is 47.4 Å². The molecule has 40 heavy (non-hydrogen) atoms. The second-order valence-electron chi connectivity index (χ2n) is 11.2. The smallest absolute Gasteiger partial charge is 0.407 e. The molecule has 1 aromatic heterocycles. The molecule has 12 heteroatoms. The number of ether oxygens (including phenoxy) is 1. The molecular weight excluding hydrogens is 521 g/mol. The van der Waals surface area contributed by atoms with Crippen LogP contribution in [0, 0.1) is 17.7 Å². The van der Waals surface area contributed by atoms with Crippen molar-refractivity contribution < 1.29 is 32.7 Å². The fourth-order valence-corrected chi connectivity index (χ4v) is 4.66. The van der Waals surface area contributed by atoms with Gasteiger partial charge in [0.1, 0.15) is 17.9 Å². The van der Waals surface area contributed by atoms with Gasteiger partial charge in [0.2, 0.25) is 23.5 Å². The topological polar surface area (TPSA) is 144 Å². The summed E-state index contributed by atoms with van der Waals surface area (Å²) in [6.45, 7) is 11.1. The van der Waals surface area contributed by atoms with Crippen LogP contribution in [-0.2, 0) is 19.7 Å². The number of nitrogens with zero attached hydrogens (tertiary/aromatic N) is 3. The number of hydrogen-bond donors (Lipinski definition) is 2. The Kier molecular flexibility index (Phi) is 9.65. The van der Waals surface area contributed by atoms with E-state index in [1.54, 1.807) is 39.8 Å². The lowest BCUT2D eigenvalue weighted by Gasteiger charge is -2.31. The number of hydrogen-bond acceptors (Lipinski definition) is 8. The minimum Gasteiger partial charge on any atom is -0.453 e. The highest BCUT2D eigenvalue weighted by atomic mass is 19.1. The van der Waals surface area contributed by atoms with Gasteiger partial charge in [0.25, 0.3) is 5.89 Å². The van der Waals surface area contributed by atoms with Gasteiger partial charge in [0.15, 0.2) is 0 Å². The Morgan fingerprint density at radius 2 is 1.65 bits per heavy atom. The van der Waals surface area contributed by atoms with Gasteiger partial charge in [0.05, 0.1) is 18.6 Å². The third-order valence-corrected chi connectivity index (χ3v) is 7.21. The lowest BCUT2D eigenvalue weighted by atomic mass is 9.84. The molecule has 2 aromatic rings. The molecule has 0 saturated carbocycles. The van der Waals surface area contributed by atoms with E-state index in [1.807, 2.05) is 13.8 Å². The summed E-state index contributed by atoms with van der Waals surface area (Å²) in [5.41, 5.74) is -0.0799. The molecule has 11 nitrogen and oxygen atoms in total. The van der Waals surface area contributed by atoms with Crippen LogP contribution in [0.15, 0.2) is 28.7 Å². The number of aromatic nitrogens is 2. The predicted molar refractivity (Wildman–Crippen MR) is 143 cm³/mol. The van der Waals surface area contributed by atoms with Crippen molar-refractivity contribution in [2.75, 3.05) is 13.7 Å². The lowest BCUT2D eigenvalue weighted by molar-refractivity contribution is -0.141. The maximum atomic E-state index is 13.4. The number of likely N-dealkylation sites (tertiary alicyclic amines) is 1. The van der Waals surface area contributed by atoms with Crippen LogP contribution in [0.3, 0.4) is 0 Å². The number of halogens is 1. The number of amides is 3.